The second kappa shape index (κ2) is 7.87. The van der Waals surface area contributed by atoms with Gasteiger partial charge in [-0.25, -0.2) is 0 Å². The maximum Gasteiger partial charge on any atom is 0.311 e. The van der Waals surface area contributed by atoms with E-state index in [1.807, 2.05) is 12.2 Å². The number of halogens is 1. The molecule has 9 heteroatoms. The van der Waals surface area contributed by atoms with E-state index >= 15 is 0 Å². The van der Waals surface area contributed by atoms with Crippen molar-refractivity contribution in [3.8, 4) is 5.75 Å². The molecular weight excluding hydrogens is 434 g/mol. The molecule has 8 nitrogen and oxygen atoms in total. The van der Waals surface area contributed by atoms with Gasteiger partial charge >= 0.3 is 5.69 Å². The van der Waals surface area contributed by atoms with E-state index in [9.17, 15) is 19.7 Å². The van der Waals surface area contributed by atoms with Crippen molar-refractivity contribution < 1.29 is 19.2 Å². The zero-order valence-corrected chi connectivity index (χ0v) is 17.5. The minimum Gasteiger partial charge on any atom is -0.482 e. The van der Waals surface area contributed by atoms with Gasteiger partial charge in [-0.1, -0.05) is 35.9 Å². The van der Waals surface area contributed by atoms with Gasteiger partial charge in [0.15, 0.2) is 5.75 Å². The number of allylic oxidation sites excluding steroid dienone is 2. The van der Waals surface area contributed by atoms with E-state index in [4.69, 9.17) is 16.3 Å². The highest BCUT2D eigenvalue weighted by molar-refractivity contribution is 6.30. The molecular formula is C23H18ClN3O5. The summed E-state index contributed by atoms with van der Waals surface area (Å²) in [6.07, 6.45) is 6.16. The van der Waals surface area contributed by atoms with E-state index in [1.54, 1.807) is 30.3 Å². The average Bonchev–Trinajstić information content (AvgIpc) is 3.46. The van der Waals surface area contributed by atoms with Crippen LogP contribution in [-0.2, 0) is 16.2 Å². The number of benzene rings is 2. The first-order valence-corrected chi connectivity index (χ1v) is 10.6. The predicted octanol–water partition coefficient (Wildman–Crippen LogP) is 3.97. The summed E-state index contributed by atoms with van der Waals surface area (Å²) < 4.78 is 5.62. The highest BCUT2D eigenvalue weighted by Gasteiger charge is 2.59. The molecule has 0 spiro atoms. The number of fused-ring (bicyclic) bond motifs is 5. The summed E-state index contributed by atoms with van der Waals surface area (Å²) >= 11 is 5.86. The van der Waals surface area contributed by atoms with Gasteiger partial charge in [-0.2, -0.15) is 10.1 Å². The molecule has 32 heavy (non-hydrogen) atoms. The SMILES string of the molecule is O=C1[C@@H]2[C@H](C(=O)N1N=Cc1ccc(OCc3ccc(Cl)cc3)c([N+](=O)[O-])c1)[C@H]1C=C[C@H]2C1. The Hall–Kier alpha value is -3.52. The highest BCUT2D eigenvalue weighted by Crippen LogP contribution is 2.52. The van der Waals surface area contributed by atoms with Crippen molar-refractivity contribution in [3.63, 3.8) is 0 Å². The number of carbonyl (C=O) groups excluding carboxylic acids is 2. The van der Waals surface area contributed by atoms with E-state index in [-0.39, 0.29) is 53.5 Å². The fourth-order valence-electron chi connectivity index (χ4n) is 4.75. The van der Waals surface area contributed by atoms with Gasteiger partial charge in [0, 0.05) is 16.7 Å². The Kier molecular flexibility index (Phi) is 5.01. The van der Waals surface area contributed by atoms with Crippen molar-refractivity contribution in [2.75, 3.05) is 0 Å². The summed E-state index contributed by atoms with van der Waals surface area (Å²) in [7, 11) is 0. The molecule has 2 aromatic carbocycles. The van der Waals surface area contributed by atoms with Crippen LogP contribution in [-0.4, -0.2) is 28.0 Å². The Morgan fingerprint density at radius 1 is 1.09 bits per heavy atom. The van der Waals surface area contributed by atoms with Crippen LogP contribution in [0.1, 0.15) is 17.5 Å². The molecule has 0 N–H and O–H groups in total. The van der Waals surface area contributed by atoms with Gasteiger partial charge in [-0.3, -0.25) is 19.7 Å². The number of nitrogens with zero attached hydrogens (tertiary/aromatic N) is 3. The summed E-state index contributed by atoms with van der Waals surface area (Å²) in [5.41, 5.74) is 0.963. The second-order valence-electron chi connectivity index (χ2n) is 8.13. The average molecular weight is 452 g/mol. The number of nitro groups is 1. The van der Waals surface area contributed by atoms with Gasteiger partial charge < -0.3 is 4.74 Å². The zero-order chi connectivity index (χ0) is 22.4. The third kappa shape index (κ3) is 3.46. The molecule has 1 saturated heterocycles. The van der Waals surface area contributed by atoms with Crippen LogP contribution < -0.4 is 4.74 Å². The number of rotatable bonds is 6. The lowest BCUT2D eigenvalue weighted by atomic mass is 9.85. The van der Waals surface area contributed by atoms with Crippen molar-refractivity contribution in [2.24, 2.45) is 28.8 Å². The van der Waals surface area contributed by atoms with Crippen LogP contribution >= 0.6 is 11.6 Å². The predicted molar refractivity (Wildman–Crippen MR) is 116 cm³/mol. The Labute approximate surface area is 188 Å². The molecule has 2 amide bonds. The fourth-order valence-corrected chi connectivity index (χ4v) is 4.87. The summed E-state index contributed by atoms with van der Waals surface area (Å²) in [4.78, 5) is 36.4. The molecule has 0 radical (unpaired) electrons. The Balaban J connectivity index is 1.32. The minimum absolute atomic E-state index is 0.0970. The fraction of sp³-hybridized carbons (Fsp3) is 0.261. The van der Waals surface area contributed by atoms with Crippen molar-refractivity contribution in [1.82, 2.24) is 5.01 Å². The van der Waals surface area contributed by atoms with Gasteiger partial charge in [-0.15, -0.1) is 0 Å². The maximum absolute atomic E-state index is 12.7. The first kappa shape index (κ1) is 20.4. The molecule has 162 valence electrons. The molecule has 2 aliphatic carbocycles. The number of amides is 2. The lowest BCUT2D eigenvalue weighted by Gasteiger charge is -2.13. The molecule has 1 heterocycles. The highest BCUT2D eigenvalue weighted by atomic mass is 35.5. The Morgan fingerprint density at radius 2 is 1.75 bits per heavy atom. The number of hydrogen-bond acceptors (Lipinski definition) is 6. The topological polar surface area (TPSA) is 102 Å². The van der Waals surface area contributed by atoms with Crippen molar-refractivity contribution in [2.45, 2.75) is 13.0 Å². The smallest absolute Gasteiger partial charge is 0.311 e. The molecule has 0 unspecified atom stereocenters. The van der Waals surface area contributed by atoms with Gasteiger partial charge in [-0.05, 0) is 48.1 Å². The maximum atomic E-state index is 12.7. The molecule has 4 atom stereocenters. The largest absolute Gasteiger partial charge is 0.482 e. The number of hydrazone groups is 1. The van der Waals surface area contributed by atoms with Crippen molar-refractivity contribution in [1.29, 1.82) is 0 Å². The third-order valence-electron chi connectivity index (χ3n) is 6.26. The van der Waals surface area contributed by atoms with Gasteiger partial charge in [0.25, 0.3) is 11.8 Å². The zero-order valence-electron chi connectivity index (χ0n) is 16.8. The van der Waals surface area contributed by atoms with Crippen LogP contribution in [0.3, 0.4) is 0 Å². The Bertz CT molecular complexity index is 1150. The van der Waals surface area contributed by atoms with Crippen LogP contribution in [0, 0.1) is 33.8 Å². The molecule has 3 aliphatic rings. The minimum atomic E-state index is -0.547. The molecule has 0 aromatic heterocycles. The summed E-state index contributed by atoms with van der Waals surface area (Å²) in [5.74, 6) is -0.983. The molecule has 5 rings (SSSR count). The van der Waals surface area contributed by atoms with E-state index in [1.165, 1.54) is 18.3 Å². The molecule has 1 saturated carbocycles. The Morgan fingerprint density at radius 3 is 2.38 bits per heavy atom. The monoisotopic (exact) mass is 451 g/mol. The van der Waals surface area contributed by atoms with Crippen molar-refractivity contribution in [3.05, 3.63) is 80.9 Å². The first-order valence-electron chi connectivity index (χ1n) is 10.2. The van der Waals surface area contributed by atoms with Crippen LogP contribution in [0.4, 0.5) is 5.69 Å². The summed E-state index contributed by atoms with van der Waals surface area (Å²) in [6.45, 7) is 0.140. The van der Waals surface area contributed by atoms with Crippen LogP contribution in [0.15, 0.2) is 59.7 Å². The van der Waals surface area contributed by atoms with E-state index in [0.717, 1.165) is 17.0 Å². The number of ether oxygens (including phenoxy) is 1. The number of carbonyl (C=O) groups is 2. The van der Waals surface area contributed by atoms with Gasteiger partial charge in [0.1, 0.15) is 6.61 Å². The number of imide groups is 1. The van der Waals surface area contributed by atoms with Crippen LogP contribution in [0.2, 0.25) is 5.02 Å². The third-order valence-corrected chi connectivity index (χ3v) is 6.51. The standard InChI is InChI=1S/C23H18ClN3O5/c24-17-6-1-13(2-7-17)12-32-19-8-3-14(9-18(19)27(30)31)11-25-26-22(28)20-15-4-5-16(10-15)21(20)23(26)29/h1-9,11,15-16,20-21H,10,12H2/t15-,16-,20-,21+/m0/s1. The van der Waals surface area contributed by atoms with E-state index < -0.39 is 4.92 Å². The van der Waals surface area contributed by atoms with Gasteiger partial charge in [0.2, 0.25) is 0 Å². The van der Waals surface area contributed by atoms with Crippen molar-refractivity contribution >= 4 is 35.3 Å². The van der Waals surface area contributed by atoms with Crippen LogP contribution in [0.5, 0.6) is 5.75 Å². The quantitative estimate of drug-likeness (QED) is 0.217. The molecule has 2 fully saturated rings. The summed E-state index contributed by atoms with van der Waals surface area (Å²) in [6, 6.07) is 11.3. The molecule has 2 bridgehead atoms. The lowest BCUT2D eigenvalue weighted by molar-refractivity contribution is -0.385. The molecule has 2 aromatic rings. The van der Waals surface area contributed by atoms with Gasteiger partial charge in [0.05, 0.1) is 23.0 Å². The second-order valence-corrected chi connectivity index (χ2v) is 8.57. The number of hydrogen-bond donors (Lipinski definition) is 0. The first-order chi connectivity index (χ1) is 15.4. The normalized spacial score (nSPS) is 25.7. The van der Waals surface area contributed by atoms with Crippen LogP contribution in [0.25, 0.3) is 0 Å². The van der Waals surface area contributed by atoms with E-state index in [2.05, 4.69) is 5.10 Å². The molecule has 1 aliphatic heterocycles. The lowest BCUT2D eigenvalue weighted by Crippen LogP contribution is -2.28. The number of nitro benzene ring substituents is 1. The summed E-state index contributed by atoms with van der Waals surface area (Å²) in [5, 5.41) is 17.1. The van der Waals surface area contributed by atoms with E-state index in [0.29, 0.717) is 10.6 Å².